The van der Waals surface area contributed by atoms with E-state index in [9.17, 15) is 0 Å². The zero-order valence-corrected chi connectivity index (χ0v) is 9.78. The van der Waals surface area contributed by atoms with E-state index in [1.54, 1.807) is 0 Å². The van der Waals surface area contributed by atoms with Gasteiger partial charge in [-0.1, -0.05) is 60.5 Å². The van der Waals surface area contributed by atoms with E-state index < -0.39 is 0 Å². The summed E-state index contributed by atoms with van der Waals surface area (Å²) in [4.78, 5) is 0. The van der Waals surface area contributed by atoms with E-state index in [4.69, 9.17) is 0 Å². The van der Waals surface area contributed by atoms with Crippen LogP contribution in [0.5, 0.6) is 0 Å². The molecule has 0 nitrogen and oxygen atoms in total. The van der Waals surface area contributed by atoms with E-state index in [1.165, 1.54) is 12.8 Å². The fraction of sp³-hybridized carbons (Fsp3) is 0.833. The molecule has 0 fully saturated rings. The largest absolute Gasteiger partial charge is 0.103 e. The van der Waals surface area contributed by atoms with Crippen LogP contribution < -0.4 is 0 Å². The summed E-state index contributed by atoms with van der Waals surface area (Å²) >= 11 is 0. The first kappa shape index (κ1) is 14.3. The molecule has 0 aliphatic heterocycles. The minimum Gasteiger partial charge on any atom is -0.103 e. The van der Waals surface area contributed by atoms with Crippen LogP contribution in [-0.2, 0) is 0 Å². The van der Waals surface area contributed by atoms with Crippen molar-refractivity contribution in [3.63, 3.8) is 0 Å². The van der Waals surface area contributed by atoms with Crippen molar-refractivity contribution in [1.29, 1.82) is 0 Å². The molecule has 12 heavy (non-hydrogen) atoms. The lowest BCUT2D eigenvalue weighted by atomic mass is 9.98. The van der Waals surface area contributed by atoms with E-state index in [0.29, 0.717) is 5.41 Å². The van der Waals surface area contributed by atoms with Gasteiger partial charge >= 0.3 is 0 Å². The zero-order chi connectivity index (χ0) is 10.2. The smallest absolute Gasteiger partial charge is 0.0206 e. The maximum atomic E-state index is 3.63. The van der Waals surface area contributed by atoms with Gasteiger partial charge in [-0.05, 0) is 11.3 Å². The summed E-state index contributed by atoms with van der Waals surface area (Å²) in [6, 6.07) is 0. The minimum absolute atomic E-state index is 0.306. The molecule has 0 radical (unpaired) electrons. The molecule has 0 rings (SSSR count). The molecule has 0 aliphatic rings. The number of hydrogen-bond acceptors (Lipinski definition) is 0. The third-order valence-electron chi connectivity index (χ3n) is 1.48. The van der Waals surface area contributed by atoms with Gasteiger partial charge in [-0.3, -0.25) is 0 Å². The van der Waals surface area contributed by atoms with Crippen LogP contribution in [0.15, 0.2) is 12.7 Å². The number of allylic oxidation sites excluding steroid dienone is 1. The van der Waals surface area contributed by atoms with Gasteiger partial charge in [-0.2, -0.15) is 0 Å². The monoisotopic (exact) mass is 170 g/mol. The van der Waals surface area contributed by atoms with Crippen molar-refractivity contribution in [3.8, 4) is 0 Å². The standard InChI is InChI=1S/C6H12.C6H14/c1-5-6(2,3)4;1-4-5-6(2)3/h5H,1H2,2-4H3;6H,4-5H2,1-3H3. The van der Waals surface area contributed by atoms with Crippen LogP contribution in [0.4, 0.5) is 0 Å². The summed E-state index contributed by atoms with van der Waals surface area (Å²) < 4.78 is 0. The summed E-state index contributed by atoms with van der Waals surface area (Å²) in [5.41, 5.74) is 0.306. The van der Waals surface area contributed by atoms with E-state index in [2.05, 4.69) is 48.1 Å². The maximum absolute atomic E-state index is 3.63. The summed E-state index contributed by atoms with van der Waals surface area (Å²) in [6.07, 6.45) is 4.64. The lowest BCUT2D eigenvalue weighted by molar-refractivity contribution is 0.546. The summed E-state index contributed by atoms with van der Waals surface area (Å²) in [7, 11) is 0. The Kier molecular flexibility index (Phi) is 8.79. The van der Waals surface area contributed by atoms with Gasteiger partial charge in [-0.25, -0.2) is 0 Å². The molecular formula is C12H26. The third kappa shape index (κ3) is 22.6. The highest BCUT2D eigenvalue weighted by Gasteiger charge is 1.99. The van der Waals surface area contributed by atoms with Crippen molar-refractivity contribution in [2.45, 2.75) is 54.4 Å². The van der Waals surface area contributed by atoms with Gasteiger partial charge in [0.25, 0.3) is 0 Å². The second-order valence-corrected chi connectivity index (χ2v) is 4.75. The predicted octanol–water partition coefficient (Wildman–Crippen LogP) is 4.66. The molecule has 0 saturated carbocycles. The van der Waals surface area contributed by atoms with Gasteiger partial charge < -0.3 is 0 Å². The first-order valence-electron chi connectivity index (χ1n) is 4.97. The van der Waals surface area contributed by atoms with Gasteiger partial charge in [-0.15, -0.1) is 6.58 Å². The van der Waals surface area contributed by atoms with Crippen LogP contribution in [0, 0.1) is 11.3 Å². The molecule has 0 unspecified atom stereocenters. The van der Waals surface area contributed by atoms with E-state index in [-0.39, 0.29) is 0 Å². The van der Waals surface area contributed by atoms with Crippen LogP contribution >= 0.6 is 0 Å². The minimum atomic E-state index is 0.306. The van der Waals surface area contributed by atoms with E-state index in [1.807, 2.05) is 6.08 Å². The molecular weight excluding hydrogens is 144 g/mol. The molecule has 0 heterocycles. The normalized spacial score (nSPS) is 10.6. The van der Waals surface area contributed by atoms with Crippen LogP contribution in [0.3, 0.4) is 0 Å². The maximum Gasteiger partial charge on any atom is -0.0206 e. The first-order valence-corrected chi connectivity index (χ1v) is 4.97. The molecule has 0 aromatic rings. The van der Waals surface area contributed by atoms with Crippen molar-refractivity contribution in [3.05, 3.63) is 12.7 Å². The molecule has 0 saturated heterocycles. The Hall–Kier alpha value is -0.260. The SMILES string of the molecule is C=CC(C)(C)C.CCCC(C)C. The van der Waals surface area contributed by atoms with Gasteiger partial charge in [0.2, 0.25) is 0 Å². The molecule has 0 atom stereocenters. The molecule has 0 bridgehead atoms. The number of rotatable bonds is 2. The first-order chi connectivity index (χ1) is 5.33. The van der Waals surface area contributed by atoms with Crippen molar-refractivity contribution in [2.24, 2.45) is 11.3 Å². The van der Waals surface area contributed by atoms with Crippen LogP contribution in [0.2, 0.25) is 0 Å². The summed E-state index contributed by atoms with van der Waals surface area (Å²) in [5, 5.41) is 0. The Morgan fingerprint density at radius 2 is 1.58 bits per heavy atom. The summed E-state index contributed by atoms with van der Waals surface area (Å²) in [5.74, 6) is 0.898. The molecule has 74 valence electrons. The second kappa shape index (κ2) is 7.39. The Labute approximate surface area is 79.1 Å². The Balaban J connectivity index is 0. The summed E-state index contributed by atoms with van der Waals surface area (Å²) in [6.45, 7) is 16.7. The Morgan fingerprint density at radius 1 is 1.25 bits per heavy atom. The van der Waals surface area contributed by atoms with Gasteiger partial charge in [0.05, 0.1) is 0 Å². The second-order valence-electron chi connectivity index (χ2n) is 4.75. The quantitative estimate of drug-likeness (QED) is 0.529. The molecule has 0 aromatic carbocycles. The third-order valence-corrected chi connectivity index (χ3v) is 1.48. The molecule has 0 spiro atoms. The average Bonchev–Trinajstić information content (AvgIpc) is 1.87. The van der Waals surface area contributed by atoms with Gasteiger partial charge in [0, 0.05) is 0 Å². The predicted molar refractivity (Wildman–Crippen MR) is 59.4 cm³/mol. The topological polar surface area (TPSA) is 0 Å². The molecule has 0 aromatic heterocycles. The molecule has 0 heteroatoms. The zero-order valence-electron chi connectivity index (χ0n) is 9.78. The molecule has 0 N–H and O–H groups in total. The van der Waals surface area contributed by atoms with Gasteiger partial charge in [0.15, 0.2) is 0 Å². The van der Waals surface area contributed by atoms with Crippen molar-refractivity contribution < 1.29 is 0 Å². The molecule has 0 amide bonds. The van der Waals surface area contributed by atoms with Crippen molar-refractivity contribution in [1.82, 2.24) is 0 Å². The highest BCUT2D eigenvalue weighted by atomic mass is 14.0. The fourth-order valence-electron chi connectivity index (χ4n) is 0.577. The highest BCUT2D eigenvalue weighted by Crippen LogP contribution is 2.11. The van der Waals surface area contributed by atoms with Crippen molar-refractivity contribution >= 4 is 0 Å². The lowest BCUT2D eigenvalue weighted by Crippen LogP contribution is -1.96. The fourth-order valence-corrected chi connectivity index (χ4v) is 0.577. The van der Waals surface area contributed by atoms with Crippen LogP contribution in [0.25, 0.3) is 0 Å². The Bertz CT molecular complexity index is 93.1. The highest BCUT2D eigenvalue weighted by molar-refractivity contribution is 4.82. The number of hydrogen-bond donors (Lipinski definition) is 0. The average molecular weight is 170 g/mol. The lowest BCUT2D eigenvalue weighted by Gasteiger charge is -2.08. The van der Waals surface area contributed by atoms with Crippen molar-refractivity contribution in [2.75, 3.05) is 0 Å². The van der Waals surface area contributed by atoms with E-state index >= 15 is 0 Å². The van der Waals surface area contributed by atoms with Gasteiger partial charge in [0.1, 0.15) is 0 Å². The Morgan fingerprint density at radius 3 is 1.58 bits per heavy atom. The van der Waals surface area contributed by atoms with E-state index in [0.717, 1.165) is 5.92 Å². The van der Waals surface area contributed by atoms with Crippen LogP contribution in [-0.4, -0.2) is 0 Å². The molecule has 0 aliphatic carbocycles. The van der Waals surface area contributed by atoms with Crippen LogP contribution in [0.1, 0.15) is 54.4 Å².